The summed E-state index contributed by atoms with van der Waals surface area (Å²) in [6.07, 6.45) is 0. The van der Waals surface area contributed by atoms with E-state index in [1.807, 2.05) is 0 Å². The SMILES string of the molecule is O=C(CS(=O)(=O)c1ccccc1)Nc1cccc(Cl)c1Cl. The number of anilines is 1. The minimum Gasteiger partial charge on any atom is -0.324 e. The lowest BCUT2D eigenvalue weighted by Gasteiger charge is -2.08. The highest BCUT2D eigenvalue weighted by molar-refractivity contribution is 7.92. The van der Waals surface area contributed by atoms with Crippen LogP contribution in [-0.4, -0.2) is 20.1 Å². The Morgan fingerprint density at radius 3 is 2.33 bits per heavy atom. The number of carbonyl (C=O) groups is 1. The van der Waals surface area contributed by atoms with E-state index in [1.165, 1.54) is 12.1 Å². The quantitative estimate of drug-likeness (QED) is 0.925. The van der Waals surface area contributed by atoms with Gasteiger partial charge in [-0.15, -0.1) is 0 Å². The normalized spacial score (nSPS) is 11.1. The Bertz CT molecular complexity index is 761. The first-order valence-electron chi connectivity index (χ1n) is 5.92. The van der Waals surface area contributed by atoms with Crippen molar-refractivity contribution in [2.45, 2.75) is 4.90 Å². The molecular weight excluding hydrogens is 333 g/mol. The molecule has 2 aromatic rings. The average molecular weight is 344 g/mol. The monoisotopic (exact) mass is 343 g/mol. The second-order valence-corrected chi connectivity index (χ2v) is 7.00. The molecule has 0 aliphatic heterocycles. The molecule has 21 heavy (non-hydrogen) atoms. The van der Waals surface area contributed by atoms with Crippen molar-refractivity contribution in [3.05, 3.63) is 58.6 Å². The van der Waals surface area contributed by atoms with Crippen LogP contribution in [0.25, 0.3) is 0 Å². The molecule has 0 saturated heterocycles. The van der Waals surface area contributed by atoms with E-state index < -0.39 is 21.5 Å². The summed E-state index contributed by atoms with van der Waals surface area (Å²) in [5.74, 6) is -1.34. The number of hydrogen-bond acceptors (Lipinski definition) is 3. The van der Waals surface area contributed by atoms with E-state index in [1.54, 1.807) is 36.4 Å². The summed E-state index contributed by atoms with van der Waals surface area (Å²) in [7, 11) is -3.69. The zero-order chi connectivity index (χ0) is 15.5. The van der Waals surface area contributed by atoms with Gasteiger partial charge in [0.25, 0.3) is 0 Å². The van der Waals surface area contributed by atoms with Crippen LogP contribution < -0.4 is 5.32 Å². The summed E-state index contributed by atoms with van der Waals surface area (Å²) in [5.41, 5.74) is 0.275. The number of amides is 1. The van der Waals surface area contributed by atoms with Crippen molar-refractivity contribution in [3.8, 4) is 0 Å². The third-order valence-electron chi connectivity index (χ3n) is 2.65. The van der Waals surface area contributed by atoms with Gasteiger partial charge >= 0.3 is 0 Å². The van der Waals surface area contributed by atoms with E-state index in [0.717, 1.165) is 0 Å². The Labute approximate surface area is 132 Å². The van der Waals surface area contributed by atoms with Crippen molar-refractivity contribution in [2.24, 2.45) is 0 Å². The maximum atomic E-state index is 12.1. The molecule has 4 nitrogen and oxygen atoms in total. The van der Waals surface area contributed by atoms with Crippen molar-refractivity contribution in [3.63, 3.8) is 0 Å². The zero-order valence-electron chi connectivity index (χ0n) is 10.7. The molecule has 1 amide bonds. The highest BCUT2D eigenvalue weighted by atomic mass is 35.5. The smallest absolute Gasteiger partial charge is 0.240 e. The third-order valence-corrected chi connectivity index (χ3v) is 5.10. The lowest BCUT2D eigenvalue weighted by molar-refractivity contribution is -0.113. The molecule has 110 valence electrons. The van der Waals surface area contributed by atoms with Crippen LogP contribution in [0.15, 0.2) is 53.4 Å². The van der Waals surface area contributed by atoms with Crippen LogP contribution in [0.1, 0.15) is 0 Å². The third kappa shape index (κ3) is 3.97. The summed E-state index contributed by atoms with van der Waals surface area (Å²) in [4.78, 5) is 12.0. The minimum absolute atomic E-state index is 0.0948. The first-order chi connectivity index (χ1) is 9.90. The van der Waals surface area contributed by atoms with Gasteiger partial charge in [-0.05, 0) is 24.3 Å². The number of benzene rings is 2. The number of carbonyl (C=O) groups excluding carboxylic acids is 1. The number of hydrogen-bond donors (Lipinski definition) is 1. The van der Waals surface area contributed by atoms with Crippen molar-refractivity contribution < 1.29 is 13.2 Å². The maximum Gasteiger partial charge on any atom is 0.240 e. The van der Waals surface area contributed by atoms with Gasteiger partial charge in [-0.3, -0.25) is 4.79 Å². The molecule has 0 radical (unpaired) electrons. The van der Waals surface area contributed by atoms with Crippen molar-refractivity contribution in [2.75, 3.05) is 11.1 Å². The summed E-state index contributed by atoms with van der Waals surface area (Å²) in [6, 6.07) is 12.5. The largest absolute Gasteiger partial charge is 0.324 e. The highest BCUT2D eigenvalue weighted by Crippen LogP contribution is 2.29. The van der Waals surface area contributed by atoms with Crippen LogP contribution in [0.4, 0.5) is 5.69 Å². The van der Waals surface area contributed by atoms with Gasteiger partial charge in [0, 0.05) is 0 Å². The molecule has 2 aromatic carbocycles. The highest BCUT2D eigenvalue weighted by Gasteiger charge is 2.19. The zero-order valence-corrected chi connectivity index (χ0v) is 13.0. The summed E-state index contributed by atoms with van der Waals surface area (Å²) >= 11 is 11.8. The van der Waals surface area contributed by atoms with E-state index in [-0.39, 0.29) is 20.6 Å². The topological polar surface area (TPSA) is 63.2 Å². The van der Waals surface area contributed by atoms with Crippen LogP contribution in [0.2, 0.25) is 10.0 Å². The molecule has 0 saturated carbocycles. The van der Waals surface area contributed by atoms with Crippen LogP contribution in [0.3, 0.4) is 0 Å². The fourth-order valence-corrected chi connectivity index (χ4v) is 3.17. The van der Waals surface area contributed by atoms with Crippen LogP contribution in [0, 0.1) is 0 Å². The molecule has 7 heteroatoms. The van der Waals surface area contributed by atoms with Crippen molar-refractivity contribution in [1.82, 2.24) is 0 Å². The fraction of sp³-hybridized carbons (Fsp3) is 0.0714. The molecule has 0 atom stereocenters. The van der Waals surface area contributed by atoms with E-state index in [2.05, 4.69) is 5.32 Å². The molecular formula is C14H11Cl2NO3S. The van der Waals surface area contributed by atoms with Gasteiger partial charge in [-0.25, -0.2) is 8.42 Å². The van der Waals surface area contributed by atoms with Gasteiger partial charge in [-0.2, -0.15) is 0 Å². The van der Waals surface area contributed by atoms with Gasteiger partial charge in [0.1, 0.15) is 5.75 Å². The molecule has 0 bridgehead atoms. The van der Waals surface area contributed by atoms with Gasteiger partial charge in [0.15, 0.2) is 9.84 Å². The molecule has 1 N–H and O–H groups in total. The van der Waals surface area contributed by atoms with E-state index >= 15 is 0 Å². The van der Waals surface area contributed by atoms with Gasteiger partial charge in [0.2, 0.25) is 5.91 Å². The minimum atomic E-state index is -3.69. The number of nitrogens with one attached hydrogen (secondary N) is 1. The first-order valence-corrected chi connectivity index (χ1v) is 8.32. The van der Waals surface area contributed by atoms with Gasteiger partial charge in [-0.1, -0.05) is 47.5 Å². The number of rotatable bonds is 4. The second kappa shape index (κ2) is 6.47. The fourth-order valence-electron chi connectivity index (χ4n) is 1.67. The van der Waals surface area contributed by atoms with Crippen molar-refractivity contribution >= 4 is 44.6 Å². The number of halogens is 2. The van der Waals surface area contributed by atoms with Crippen LogP contribution in [-0.2, 0) is 14.6 Å². The second-order valence-electron chi connectivity index (χ2n) is 4.22. The predicted molar refractivity (Wildman–Crippen MR) is 83.6 cm³/mol. The molecule has 0 aliphatic carbocycles. The van der Waals surface area contributed by atoms with E-state index in [9.17, 15) is 13.2 Å². The van der Waals surface area contributed by atoms with Gasteiger partial charge in [0.05, 0.1) is 20.6 Å². The number of sulfone groups is 1. The molecule has 2 rings (SSSR count). The first kappa shape index (κ1) is 15.8. The van der Waals surface area contributed by atoms with E-state index in [0.29, 0.717) is 0 Å². The standard InChI is InChI=1S/C14H11Cl2NO3S/c15-11-7-4-8-12(14(11)16)17-13(18)9-21(19,20)10-5-2-1-3-6-10/h1-8H,9H2,(H,17,18). The Kier molecular flexibility index (Phi) is 4.88. The Morgan fingerprint density at radius 1 is 1.00 bits per heavy atom. The predicted octanol–water partition coefficient (Wildman–Crippen LogP) is 3.41. The van der Waals surface area contributed by atoms with Crippen LogP contribution in [0.5, 0.6) is 0 Å². The average Bonchev–Trinajstić information content (AvgIpc) is 2.44. The molecule has 0 heterocycles. The molecule has 0 fully saturated rings. The molecule has 0 unspecified atom stereocenters. The van der Waals surface area contributed by atoms with Crippen molar-refractivity contribution in [1.29, 1.82) is 0 Å². The Hall–Kier alpha value is -1.56. The van der Waals surface area contributed by atoms with Crippen LogP contribution >= 0.6 is 23.2 Å². The molecule has 0 aliphatic rings. The Morgan fingerprint density at radius 2 is 1.67 bits per heavy atom. The molecule has 0 aromatic heterocycles. The summed E-state index contributed by atoms with van der Waals surface area (Å²) < 4.78 is 24.1. The maximum absolute atomic E-state index is 12.1. The Balaban J connectivity index is 2.14. The summed E-state index contributed by atoms with van der Waals surface area (Å²) in [6.45, 7) is 0. The van der Waals surface area contributed by atoms with Gasteiger partial charge < -0.3 is 5.32 Å². The summed E-state index contributed by atoms with van der Waals surface area (Å²) in [5, 5.41) is 2.89. The lowest BCUT2D eigenvalue weighted by atomic mass is 10.3. The molecule has 0 spiro atoms. The lowest BCUT2D eigenvalue weighted by Crippen LogP contribution is -2.23. The van der Waals surface area contributed by atoms with E-state index in [4.69, 9.17) is 23.2 Å².